The van der Waals surface area contributed by atoms with Crippen LogP contribution in [0.5, 0.6) is 0 Å². The van der Waals surface area contributed by atoms with Gasteiger partial charge in [0.15, 0.2) is 5.78 Å². The summed E-state index contributed by atoms with van der Waals surface area (Å²) in [6.45, 7) is 3.41. The van der Waals surface area contributed by atoms with Gasteiger partial charge >= 0.3 is 0 Å². The number of halogens is 3. The summed E-state index contributed by atoms with van der Waals surface area (Å²) >= 11 is 5.88. The van der Waals surface area contributed by atoms with Crippen LogP contribution in [0.3, 0.4) is 0 Å². The minimum Gasteiger partial charge on any atom is -0.294 e. The van der Waals surface area contributed by atoms with Crippen LogP contribution in [0.2, 0.25) is 5.02 Å². The van der Waals surface area contributed by atoms with Crippen LogP contribution >= 0.6 is 11.6 Å². The van der Waals surface area contributed by atoms with Crippen molar-refractivity contribution in [3.63, 3.8) is 0 Å². The maximum Gasteiger partial charge on any atom is 0.170 e. The third-order valence-electron chi connectivity index (χ3n) is 3.11. The molecule has 0 amide bonds. The number of carbonyl (C=O) groups is 1. The Balaban J connectivity index is 2.39. The number of rotatable bonds is 3. The minimum atomic E-state index is -0.583. The van der Waals surface area contributed by atoms with Crippen molar-refractivity contribution in [1.82, 2.24) is 0 Å². The first-order valence-corrected chi connectivity index (χ1v) is 6.50. The quantitative estimate of drug-likeness (QED) is 0.752. The Kier molecular flexibility index (Phi) is 4.19. The highest BCUT2D eigenvalue weighted by molar-refractivity contribution is 6.31. The zero-order valence-electron chi connectivity index (χ0n) is 11.1. The lowest BCUT2D eigenvalue weighted by atomic mass is 9.97. The first-order valence-electron chi connectivity index (χ1n) is 6.13. The molecule has 0 unspecified atom stereocenters. The Labute approximate surface area is 121 Å². The SMILES string of the molecule is Cc1cc(C)c(C(=O)Cc2c(F)cccc2Cl)c(F)c1. The molecule has 0 fully saturated rings. The van der Waals surface area contributed by atoms with E-state index >= 15 is 0 Å². The molecule has 0 N–H and O–H groups in total. The van der Waals surface area contributed by atoms with Crippen LogP contribution in [-0.4, -0.2) is 5.78 Å². The molecular weight excluding hydrogens is 282 g/mol. The highest BCUT2D eigenvalue weighted by Gasteiger charge is 2.18. The fourth-order valence-electron chi connectivity index (χ4n) is 2.22. The maximum atomic E-state index is 13.9. The third kappa shape index (κ3) is 2.88. The predicted molar refractivity (Wildman–Crippen MR) is 75.3 cm³/mol. The van der Waals surface area contributed by atoms with Crippen LogP contribution in [0.1, 0.15) is 27.0 Å². The summed E-state index contributed by atoms with van der Waals surface area (Å²) in [5.74, 6) is -1.62. The smallest absolute Gasteiger partial charge is 0.170 e. The molecule has 0 spiro atoms. The van der Waals surface area contributed by atoms with Gasteiger partial charge in [-0.3, -0.25) is 4.79 Å². The monoisotopic (exact) mass is 294 g/mol. The average Bonchev–Trinajstić information content (AvgIpc) is 2.32. The van der Waals surface area contributed by atoms with Crippen LogP contribution in [-0.2, 0) is 6.42 Å². The second-order valence-corrected chi connectivity index (χ2v) is 5.15. The Hall–Kier alpha value is -1.74. The molecule has 20 heavy (non-hydrogen) atoms. The minimum absolute atomic E-state index is 0.00470. The van der Waals surface area contributed by atoms with Crippen molar-refractivity contribution in [3.8, 4) is 0 Å². The summed E-state index contributed by atoms with van der Waals surface area (Å²) < 4.78 is 27.6. The zero-order valence-corrected chi connectivity index (χ0v) is 11.9. The van der Waals surface area contributed by atoms with Crippen LogP contribution in [0, 0.1) is 25.5 Å². The third-order valence-corrected chi connectivity index (χ3v) is 3.46. The van der Waals surface area contributed by atoms with Gasteiger partial charge in [0, 0.05) is 17.0 Å². The van der Waals surface area contributed by atoms with Gasteiger partial charge in [0.1, 0.15) is 11.6 Å². The number of benzene rings is 2. The van der Waals surface area contributed by atoms with Crippen molar-refractivity contribution < 1.29 is 13.6 Å². The molecule has 0 aliphatic heterocycles. The van der Waals surface area contributed by atoms with Gasteiger partial charge in [0.2, 0.25) is 0 Å². The van der Waals surface area contributed by atoms with E-state index < -0.39 is 17.4 Å². The molecule has 0 aliphatic rings. The molecule has 1 nitrogen and oxygen atoms in total. The van der Waals surface area contributed by atoms with E-state index in [1.807, 2.05) is 0 Å². The lowest BCUT2D eigenvalue weighted by Crippen LogP contribution is -2.10. The molecule has 0 saturated carbocycles. The normalized spacial score (nSPS) is 10.7. The number of ketones is 1. The standard InChI is InChI=1S/C16H13ClF2O/c1-9-6-10(2)16(14(19)7-9)15(20)8-11-12(17)4-3-5-13(11)18/h3-7H,8H2,1-2H3. The van der Waals surface area contributed by atoms with E-state index in [0.717, 1.165) is 5.56 Å². The molecular formula is C16H13ClF2O. The molecule has 0 radical (unpaired) electrons. The van der Waals surface area contributed by atoms with E-state index in [4.69, 9.17) is 11.6 Å². The van der Waals surface area contributed by atoms with Crippen LogP contribution in [0.25, 0.3) is 0 Å². The molecule has 2 aromatic carbocycles. The van der Waals surface area contributed by atoms with Crippen molar-refractivity contribution in [2.45, 2.75) is 20.3 Å². The molecule has 104 valence electrons. The van der Waals surface area contributed by atoms with Crippen LogP contribution in [0.4, 0.5) is 8.78 Å². The van der Waals surface area contributed by atoms with E-state index in [9.17, 15) is 13.6 Å². The van der Waals surface area contributed by atoms with E-state index in [0.29, 0.717) is 5.56 Å². The number of hydrogen-bond acceptors (Lipinski definition) is 1. The molecule has 0 heterocycles. The van der Waals surface area contributed by atoms with Gasteiger partial charge in [-0.05, 0) is 43.2 Å². The van der Waals surface area contributed by atoms with Gasteiger partial charge < -0.3 is 0 Å². The lowest BCUT2D eigenvalue weighted by Gasteiger charge is -2.09. The van der Waals surface area contributed by atoms with Gasteiger partial charge in [0.05, 0.1) is 5.56 Å². The van der Waals surface area contributed by atoms with Gasteiger partial charge in [0.25, 0.3) is 0 Å². The fourth-order valence-corrected chi connectivity index (χ4v) is 2.45. The second-order valence-electron chi connectivity index (χ2n) is 4.74. The molecule has 0 saturated heterocycles. The van der Waals surface area contributed by atoms with Gasteiger partial charge in [-0.15, -0.1) is 0 Å². The van der Waals surface area contributed by atoms with Gasteiger partial charge in [-0.1, -0.05) is 23.7 Å². The first-order chi connectivity index (χ1) is 9.40. The molecule has 0 atom stereocenters. The molecule has 0 bridgehead atoms. The Morgan fingerprint density at radius 1 is 1.15 bits per heavy atom. The summed E-state index contributed by atoms with van der Waals surface area (Å²) in [5.41, 5.74) is 1.37. The van der Waals surface area contributed by atoms with Crippen molar-refractivity contribution in [2.24, 2.45) is 0 Å². The van der Waals surface area contributed by atoms with Crippen LogP contribution < -0.4 is 0 Å². The van der Waals surface area contributed by atoms with Crippen LogP contribution in [0.15, 0.2) is 30.3 Å². The number of carbonyl (C=O) groups excluding carboxylic acids is 1. The van der Waals surface area contributed by atoms with E-state index in [1.165, 1.54) is 24.3 Å². The molecule has 2 aromatic rings. The highest BCUT2D eigenvalue weighted by Crippen LogP contribution is 2.23. The highest BCUT2D eigenvalue weighted by atomic mass is 35.5. The first kappa shape index (κ1) is 14.7. The Morgan fingerprint density at radius 2 is 1.85 bits per heavy atom. The Bertz CT molecular complexity index is 637. The average molecular weight is 295 g/mol. The number of aryl methyl sites for hydroxylation is 2. The Morgan fingerprint density at radius 3 is 2.45 bits per heavy atom. The maximum absolute atomic E-state index is 13.9. The largest absolute Gasteiger partial charge is 0.294 e. The van der Waals surface area contributed by atoms with Gasteiger partial charge in [-0.25, -0.2) is 8.78 Å². The fraction of sp³-hybridized carbons (Fsp3) is 0.188. The summed E-state index contributed by atoms with van der Waals surface area (Å²) in [5, 5.41) is 0.170. The molecule has 0 aromatic heterocycles. The number of Topliss-reactive ketones (excluding diaryl/α,β-unsaturated/α-hetero) is 1. The second kappa shape index (κ2) is 5.71. The molecule has 2 rings (SSSR count). The zero-order chi connectivity index (χ0) is 14.9. The van der Waals surface area contributed by atoms with Crippen molar-refractivity contribution in [3.05, 3.63) is 69.2 Å². The van der Waals surface area contributed by atoms with Gasteiger partial charge in [-0.2, -0.15) is 0 Å². The molecule has 4 heteroatoms. The summed E-state index contributed by atoms with van der Waals surface area (Å²) in [6.07, 6.45) is -0.258. The summed E-state index contributed by atoms with van der Waals surface area (Å²) in [6, 6.07) is 7.21. The van der Waals surface area contributed by atoms with E-state index in [-0.39, 0.29) is 22.6 Å². The van der Waals surface area contributed by atoms with Crippen molar-refractivity contribution >= 4 is 17.4 Å². The van der Waals surface area contributed by atoms with Crippen molar-refractivity contribution in [2.75, 3.05) is 0 Å². The predicted octanol–water partition coefficient (Wildman–Crippen LogP) is 4.66. The lowest BCUT2D eigenvalue weighted by molar-refractivity contribution is 0.0987. The summed E-state index contributed by atoms with van der Waals surface area (Å²) in [7, 11) is 0. The van der Waals surface area contributed by atoms with E-state index in [2.05, 4.69) is 0 Å². The van der Waals surface area contributed by atoms with E-state index in [1.54, 1.807) is 19.9 Å². The topological polar surface area (TPSA) is 17.1 Å². The van der Waals surface area contributed by atoms with Crippen molar-refractivity contribution in [1.29, 1.82) is 0 Å². The molecule has 0 aliphatic carbocycles. The summed E-state index contributed by atoms with van der Waals surface area (Å²) in [4.78, 5) is 12.2. The number of hydrogen-bond donors (Lipinski definition) is 0.